The summed E-state index contributed by atoms with van der Waals surface area (Å²) in [5.74, 6) is -0.189. The van der Waals surface area contributed by atoms with Crippen molar-refractivity contribution in [1.29, 1.82) is 0 Å². The topological polar surface area (TPSA) is 143 Å². The van der Waals surface area contributed by atoms with Crippen LogP contribution in [0.25, 0.3) is 10.9 Å². The fraction of sp³-hybridized carbons (Fsp3) is 0.409. The Morgan fingerprint density at radius 3 is 2.29 bits per heavy atom. The average molecular weight is 534 g/mol. The number of aliphatic hydroxyl groups is 1. The Bertz CT molecular complexity index is 1460. The highest BCUT2D eigenvalue weighted by Gasteiger charge is 2.56. The van der Waals surface area contributed by atoms with E-state index in [4.69, 9.17) is 5.14 Å². The molecule has 0 aliphatic rings. The van der Waals surface area contributed by atoms with Gasteiger partial charge >= 0.3 is 6.18 Å². The van der Waals surface area contributed by atoms with E-state index >= 15 is 0 Å². The molecule has 1 aromatic carbocycles. The molecule has 192 valence electrons. The average Bonchev–Trinajstić information content (AvgIpc) is 3.13. The van der Waals surface area contributed by atoms with E-state index in [9.17, 15) is 35.1 Å². The van der Waals surface area contributed by atoms with E-state index in [1.54, 1.807) is 0 Å². The highest BCUT2D eigenvalue weighted by molar-refractivity contribution is 7.91. The number of H-pyrrole nitrogens is 1. The number of sulfone groups is 1. The molecule has 3 aromatic rings. The quantitative estimate of drug-likeness (QED) is 0.406. The largest absolute Gasteiger partial charge is 0.417 e. The van der Waals surface area contributed by atoms with E-state index in [0.717, 1.165) is 0 Å². The van der Waals surface area contributed by atoms with Gasteiger partial charge in [0.2, 0.25) is 10.0 Å². The van der Waals surface area contributed by atoms with E-state index in [0.29, 0.717) is 10.9 Å². The third-order valence-corrected chi connectivity index (χ3v) is 8.49. The zero-order valence-corrected chi connectivity index (χ0v) is 20.9. The van der Waals surface area contributed by atoms with Gasteiger partial charge in [0.05, 0.1) is 22.4 Å². The number of fused-ring (bicyclic) bond motifs is 1. The first-order valence-corrected chi connectivity index (χ1v) is 13.7. The van der Waals surface area contributed by atoms with Crippen LogP contribution in [0.2, 0.25) is 0 Å². The summed E-state index contributed by atoms with van der Waals surface area (Å²) >= 11 is 0. The standard InChI is InChI=1S/C22H26F3N3O5S2/c1-4-34(30,31)19-10-14-9-15(28-17(14)12-27-19)11-21(29,22(23,24)25)13-20(2,3)16-7-5-6-8-18(16)35(26,32)33/h5-10,12,28-29H,4,11,13H2,1-3H3,(H2,26,32,33). The van der Waals surface area contributed by atoms with E-state index in [2.05, 4.69) is 9.97 Å². The minimum Gasteiger partial charge on any atom is -0.380 e. The summed E-state index contributed by atoms with van der Waals surface area (Å²) in [6, 6.07) is 8.03. The number of primary sulfonamides is 1. The van der Waals surface area contributed by atoms with Crippen LogP contribution in [0.3, 0.4) is 0 Å². The van der Waals surface area contributed by atoms with Gasteiger partial charge in [0, 0.05) is 17.5 Å². The molecule has 4 N–H and O–H groups in total. The Labute approximate surface area is 201 Å². The molecule has 2 aromatic heterocycles. The van der Waals surface area contributed by atoms with E-state index < -0.39 is 49.9 Å². The van der Waals surface area contributed by atoms with Gasteiger partial charge in [-0.05, 0) is 35.6 Å². The lowest BCUT2D eigenvalue weighted by molar-refractivity contribution is -0.266. The van der Waals surface area contributed by atoms with Gasteiger partial charge in [0.1, 0.15) is 0 Å². The lowest BCUT2D eigenvalue weighted by Crippen LogP contribution is -2.51. The van der Waals surface area contributed by atoms with Crippen molar-refractivity contribution in [3.05, 3.63) is 53.9 Å². The number of pyridine rings is 1. The fourth-order valence-electron chi connectivity index (χ4n) is 4.16. The number of nitrogens with zero attached hydrogens (tertiary/aromatic N) is 1. The Balaban J connectivity index is 2.03. The number of nitrogens with one attached hydrogen (secondary N) is 1. The molecule has 0 aliphatic carbocycles. The Morgan fingerprint density at radius 1 is 1.09 bits per heavy atom. The molecule has 0 radical (unpaired) electrons. The molecule has 2 heterocycles. The monoisotopic (exact) mass is 533 g/mol. The molecule has 35 heavy (non-hydrogen) atoms. The number of rotatable bonds is 8. The molecule has 0 amide bonds. The number of benzene rings is 1. The summed E-state index contributed by atoms with van der Waals surface area (Å²) in [5, 5.41) is 16.3. The van der Waals surface area contributed by atoms with Crippen molar-refractivity contribution in [1.82, 2.24) is 9.97 Å². The zero-order valence-electron chi connectivity index (χ0n) is 19.2. The van der Waals surface area contributed by atoms with Gasteiger partial charge in [-0.1, -0.05) is 39.0 Å². The second-order valence-corrected chi connectivity index (χ2v) is 12.9. The molecule has 0 aliphatic heterocycles. The molecule has 0 bridgehead atoms. The SMILES string of the molecule is CCS(=O)(=O)c1cc2cc(CC(O)(CC(C)(C)c3ccccc3S(N)(=O)=O)C(F)(F)F)[nH]c2cn1. The molecular formula is C22H26F3N3O5S2. The zero-order chi connectivity index (χ0) is 26.4. The van der Waals surface area contributed by atoms with Crippen molar-refractivity contribution in [2.24, 2.45) is 5.14 Å². The maximum atomic E-state index is 14.2. The number of halogens is 3. The van der Waals surface area contributed by atoms with Crippen molar-refractivity contribution in [2.75, 3.05) is 5.75 Å². The van der Waals surface area contributed by atoms with Crippen LogP contribution in [0.5, 0.6) is 0 Å². The predicted octanol–water partition coefficient (Wildman–Crippen LogP) is 3.21. The van der Waals surface area contributed by atoms with Gasteiger partial charge in [-0.15, -0.1) is 0 Å². The minimum absolute atomic E-state index is 0.00297. The first-order chi connectivity index (χ1) is 15.9. The van der Waals surface area contributed by atoms with E-state index in [1.165, 1.54) is 63.4 Å². The van der Waals surface area contributed by atoms with E-state index in [1.807, 2.05) is 0 Å². The molecular weight excluding hydrogens is 507 g/mol. The van der Waals surface area contributed by atoms with Crippen molar-refractivity contribution < 1.29 is 35.1 Å². The van der Waals surface area contributed by atoms with Crippen LogP contribution in [0.4, 0.5) is 13.2 Å². The summed E-state index contributed by atoms with van der Waals surface area (Å²) in [7, 11) is -7.85. The molecule has 0 saturated carbocycles. The van der Waals surface area contributed by atoms with Crippen molar-refractivity contribution in [3.8, 4) is 0 Å². The molecule has 8 nitrogen and oxygen atoms in total. The summed E-state index contributed by atoms with van der Waals surface area (Å²) in [6.07, 6.45) is -5.63. The normalized spacial score (nSPS) is 15.3. The summed E-state index contributed by atoms with van der Waals surface area (Å²) < 4.78 is 90.8. The molecule has 1 unspecified atom stereocenters. The Kier molecular flexibility index (Phi) is 6.87. The number of alkyl halides is 3. The third kappa shape index (κ3) is 5.52. The fourth-order valence-corrected chi connectivity index (χ4v) is 5.90. The summed E-state index contributed by atoms with van der Waals surface area (Å²) in [5.41, 5.74) is -4.36. The lowest BCUT2D eigenvalue weighted by atomic mass is 9.73. The van der Waals surface area contributed by atoms with Crippen LogP contribution in [-0.4, -0.2) is 49.4 Å². The number of hydrogen-bond acceptors (Lipinski definition) is 6. The van der Waals surface area contributed by atoms with Gasteiger partial charge < -0.3 is 10.1 Å². The van der Waals surface area contributed by atoms with Gasteiger partial charge in [-0.3, -0.25) is 0 Å². The van der Waals surface area contributed by atoms with Crippen LogP contribution >= 0.6 is 0 Å². The van der Waals surface area contributed by atoms with Crippen molar-refractivity contribution in [3.63, 3.8) is 0 Å². The molecule has 0 saturated heterocycles. The van der Waals surface area contributed by atoms with Gasteiger partial charge in [-0.25, -0.2) is 27.0 Å². The van der Waals surface area contributed by atoms with Crippen molar-refractivity contribution >= 4 is 30.8 Å². The van der Waals surface area contributed by atoms with Gasteiger partial charge in [0.25, 0.3) is 0 Å². The summed E-state index contributed by atoms with van der Waals surface area (Å²) in [4.78, 5) is 6.29. The van der Waals surface area contributed by atoms with Gasteiger partial charge in [0.15, 0.2) is 20.5 Å². The Hall–Kier alpha value is -2.48. The Morgan fingerprint density at radius 2 is 1.71 bits per heavy atom. The number of aromatic amines is 1. The summed E-state index contributed by atoms with van der Waals surface area (Å²) in [6.45, 7) is 4.23. The molecule has 13 heteroatoms. The van der Waals surface area contributed by atoms with Crippen LogP contribution < -0.4 is 5.14 Å². The number of sulfonamides is 1. The smallest absolute Gasteiger partial charge is 0.380 e. The highest BCUT2D eigenvalue weighted by Crippen LogP contribution is 2.44. The lowest BCUT2D eigenvalue weighted by Gasteiger charge is -2.38. The highest BCUT2D eigenvalue weighted by atomic mass is 32.2. The van der Waals surface area contributed by atoms with Crippen molar-refractivity contribution in [2.45, 2.75) is 60.7 Å². The number of nitrogens with two attached hydrogens (primary N) is 1. The van der Waals surface area contributed by atoms with Crippen LogP contribution in [0.1, 0.15) is 38.4 Å². The second-order valence-electron chi connectivity index (χ2n) is 9.12. The molecule has 0 fully saturated rings. The first kappa shape index (κ1) is 27.1. The second kappa shape index (κ2) is 8.87. The predicted molar refractivity (Wildman–Crippen MR) is 124 cm³/mol. The molecule has 1 atom stereocenters. The maximum absolute atomic E-state index is 14.2. The number of aromatic nitrogens is 2. The van der Waals surface area contributed by atoms with E-state index in [-0.39, 0.29) is 26.9 Å². The van der Waals surface area contributed by atoms with Gasteiger partial charge in [-0.2, -0.15) is 13.2 Å². The van der Waals surface area contributed by atoms with Crippen LogP contribution in [0, 0.1) is 0 Å². The first-order valence-electron chi connectivity index (χ1n) is 10.5. The van der Waals surface area contributed by atoms with Crippen LogP contribution in [-0.2, 0) is 31.7 Å². The maximum Gasteiger partial charge on any atom is 0.417 e. The van der Waals surface area contributed by atoms with Crippen LogP contribution in [0.15, 0.2) is 52.5 Å². The minimum atomic E-state index is -5.08. The molecule has 3 rings (SSSR count). The number of hydrogen-bond donors (Lipinski definition) is 3. The molecule has 0 spiro atoms. The third-order valence-electron chi connectivity index (χ3n) is 5.90.